The Bertz CT molecular complexity index is 872. The van der Waals surface area contributed by atoms with Gasteiger partial charge >= 0.3 is 0 Å². The number of ether oxygens (including phenoxy) is 1. The molecule has 0 amide bonds. The molecule has 21 heavy (non-hydrogen) atoms. The van der Waals surface area contributed by atoms with Crippen molar-refractivity contribution in [3.63, 3.8) is 0 Å². The Labute approximate surface area is 119 Å². The van der Waals surface area contributed by atoms with Gasteiger partial charge in [0.1, 0.15) is 11.6 Å². The third-order valence-electron chi connectivity index (χ3n) is 2.97. The lowest BCUT2D eigenvalue weighted by molar-refractivity contribution is 0.418. The van der Waals surface area contributed by atoms with E-state index in [0.29, 0.717) is 10.9 Å². The maximum atomic E-state index is 13.7. The number of benzene rings is 2. The number of para-hydroxylation sites is 1. The second kappa shape index (κ2) is 5.17. The molecule has 3 nitrogen and oxygen atoms in total. The number of aromatic nitrogens is 1. The third kappa shape index (κ3) is 2.28. The van der Waals surface area contributed by atoms with Gasteiger partial charge in [0.05, 0.1) is 5.52 Å². The fraction of sp³-hybridized carbons (Fsp3) is 0. The number of hydrogen-bond donors (Lipinski definition) is 0. The Kier molecular flexibility index (Phi) is 3.20. The van der Waals surface area contributed by atoms with Gasteiger partial charge in [0.15, 0.2) is 17.3 Å². The molecule has 0 radical (unpaired) electrons. The monoisotopic (exact) mass is 282 g/mol. The molecular formula is C16H8F2N2O. The van der Waals surface area contributed by atoms with Gasteiger partial charge < -0.3 is 4.74 Å². The van der Waals surface area contributed by atoms with Gasteiger partial charge in [-0.1, -0.05) is 18.2 Å². The van der Waals surface area contributed by atoms with Crippen molar-refractivity contribution in [1.82, 2.24) is 4.98 Å². The lowest BCUT2D eigenvalue weighted by Gasteiger charge is -2.11. The summed E-state index contributed by atoms with van der Waals surface area (Å²) in [4.78, 5) is 4.12. The molecule has 0 spiro atoms. The molecule has 0 bridgehead atoms. The molecule has 3 aromatic rings. The van der Waals surface area contributed by atoms with E-state index in [1.165, 1.54) is 18.3 Å². The first kappa shape index (κ1) is 13.0. The van der Waals surface area contributed by atoms with Gasteiger partial charge in [0, 0.05) is 11.6 Å². The van der Waals surface area contributed by atoms with Crippen LogP contribution in [0.15, 0.2) is 48.7 Å². The first-order valence-corrected chi connectivity index (χ1v) is 6.10. The predicted octanol–water partition coefficient (Wildman–Crippen LogP) is 4.18. The number of nitrogens with zero attached hydrogens (tertiary/aromatic N) is 2. The molecular weight excluding hydrogens is 274 g/mol. The Morgan fingerprint density at radius 3 is 2.67 bits per heavy atom. The summed E-state index contributed by atoms with van der Waals surface area (Å²) in [7, 11) is 0. The number of nitriles is 1. The van der Waals surface area contributed by atoms with Crippen LogP contribution >= 0.6 is 0 Å². The van der Waals surface area contributed by atoms with Gasteiger partial charge in [-0.3, -0.25) is 4.98 Å². The topological polar surface area (TPSA) is 45.9 Å². The molecule has 0 aliphatic rings. The molecule has 1 heterocycles. The van der Waals surface area contributed by atoms with E-state index in [0.717, 1.165) is 6.07 Å². The van der Waals surface area contributed by atoms with Crippen molar-refractivity contribution in [2.45, 2.75) is 0 Å². The highest BCUT2D eigenvalue weighted by molar-refractivity contribution is 5.87. The molecule has 0 atom stereocenters. The Morgan fingerprint density at radius 2 is 1.86 bits per heavy atom. The van der Waals surface area contributed by atoms with Gasteiger partial charge in [-0.25, -0.2) is 4.39 Å². The van der Waals surface area contributed by atoms with Crippen molar-refractivity contribution in [2.75, 3.05) is 0 Å². The Hall–Kier alpha value is -3.00. The van der Waals surface area contributed by atoms with Gasteiger partial charge in [-0.2, -0.15) is 9.65 Å². The molecule has 0 unspecified atom stereocenters. The van der Waals surface area contributed by atoms with Crippen LogP contribution in [0.3, 0.4) is 0 Å². The van der Waals surface area contributed by atoms with E-state index in [1.807, 2.05) is 6.07 Å². The van der Waals surface area contributed by atoms with Crippen molar-refractivity contribution < 1.29 is 13.5 Å². The smallest absolute Gasteiger partial charge is 0.201 e. The molecule has 0 N–H and O–H groups in total. The highest BCUT2D eigenvalue weighted by atomic mass is 19.2. The van der Waals surface area contributed by atoms with E-state index >= 15 is 0 Å². The summed E-state index contributed by atoms with van der Waals surface area (Å²) < 4.78 is 32.4. The average molecular weight is 282 g/mol. The second-order valence-corrected chi connectivity index (χ2v) is 4.28. The minimum atomic E-state index is -1.10. The zero-order chi connectivity index (χ0) is 14.8. The van der Waals surface area contributed by atoms with E-state index in [1.54, 1.807) is 24.3 Å². The summed E-state index contributed by atoms with van der Waals surface area (Å²) in [6, 6.07) is 12.6. The lowest BCUT2D eigenvalue weighted by atomic mass is 10.1. The summed E-state index contributed by atoms with van der Waals surface area (Å²) in [6.07, 6.45) is 1.34. The molecule has 0 fully saturated rings. The molecule has 0 aliphatic heterocycles. The van der Waals surface area contributed by atoms with Crippen LogP contribution in [0.5, 0.6) is 11.5 Å². The van der Waals surface area contributed by atoms with Gasteiger partial charge in [0.2, 0.25) is 5.82 Å². The number of pyridine rings is 1. The largest absolute Gasteiger partial charge is 0.452 e. The highest BCUT2D eigenvalue weighted by Gasteiger charge is 2.15. The van der Waals surface area contributed by atoms with Crippen LogP contribution in [-0.4, -0.2) is 4.98 Å². The van der Waals surface area contributed by atoms with E-state index in [9.17, 15) is 8.78 Å². The van der Waals surface area contributed by atoms with Gasteiger partial charge in [-0.05, 0) is 24.3 Å². The van der Waals surface area contributed by atoms with Crippen molar-refractivity contribution >= 4 is 10.9 Å². The molecule has 102 valence electrons. The summed E-state index contributed by atoms with van der Waals surface area (Å²) in [5, 5.41) is 9.70. The van der Waals surface area contributed by atoms with Crippen molar-refractivity contribution in [3.05, 3.63) is 65.9 Å². The van der Waals surface area contributed by atoms with Crippen molar-refractivity contribution in [1.29, 1.82) is 5.26 Å². The zero-order valence-corrected chi connectivity index (χ0v) is 10.7. The van der Waals surface area contributed by atoms with Crippen LogP contribution in [0.25, 0.3) is 10.9 Å². The summed E-state index contributed by atoms with van der Waals surface area (Å²) in [5.41, 5.74) is 0.751. The fourth-order valence-electron chi connectivity index (χ4n) is 1.98. The second-order valence-electron chi connectivity index (χ2n) is 4.28. The SMILES string of the molecule is N#Cc1cnc2ccccc2c1Oc1cccc(F)c1F. The number of rotatable bonds is 2. The van der Waals surface area contributed by atoms with E-state index in [2.05, 4.69) is 4.98 Å². The van der Waals surface area contributed by atoms with Crippen LogP contribution < -0.4 is 4.74 Å². The van der Waals surface area contributed by atoms with Crippen LogP contribution in [0, 0.1) is 23.0 Å². The number of hydrogen-bond acceptors (Lipinski definition) is 3. The molecule has 3 rings (SSSR count). The number of halogens is 2. The fourth-order valence-corrected chi connectivity index (χ4v) is 1.98. The van der Waals surface area contributed by atoms with E-state index in [-0.39, 0.29) is 17.1 Å². The molecule has 5 heteroatoms. The van der Waals surface area contributed by atoms with E-state index in [4.69, 9.17) is 10.00 Å². The Morgan fingerprint density at radius 1 is 1.05 bits per heavy atom. The van der Waals surface area contributed by atoms with Gasteiger partial charge in [0.25, 0.3) is 0 Å². The minimum absolute atomic E-state index is 0.150. The van der Waals surface area contributed by atoms with Gasteiger partial charge in [-0.15, -0.1) is 0 Å². The molecule has 1 aromatic heterocycles. The maximum absolute atomic E-state index is 13.7. The first-order chi connectivity index (χ1) is 10.2. The van der Waals surface area contributed by atoms with Crippen LogP contribution in [0.1, 0.15) is 5.56 Å². The zero-order valence-electron chi connectivity index (χ0n) is 10.7. The third-order valence-corrected chi connectivity index (χ3v) is 2.97. The maximum Gasteiger partial charge on any atom is 0.201 e. The van der Waals surface area contributed by atoms with Crippen molar-refractivity contribution in [3.8, 4) is 17.6 Å². The van der Waals surface area contributed by atoms with Crippen LogP contribution in [0.4, 0.5) is 8.78 Å². The van der Waals surface area contributed by atoms with Crippen molar-refractivity contribution in [2.24, 2.45) is 0 Å². The quantitative estimate of drug-likeness (QED) is 0.708. The molecule has 2 aromatic carbocycles. The molecule has 0 aliphatic carbocycles. The summed E-state index contributed by atoms with van der Waals surface area (Å²) in [5.74, 6) is -2.22. The predicted molar refractivity (Wildman–Crippen MR) is 72.9 cm³/mol. The molecule has 0 saturated heterocycles. The standard InChI is InChI=1S/C16H8F2N2O/c17-12-5-3-7-14(15(12)18)21-16-10(8-19)9-20-13-6-2-1-4-11(13)16/h1-7,9H. The van der Waals surface area contributed by atoms with Crippen LogP contribution in [-0.2, 0) is 0 Å². The summed E-state index contributed by atoms with van der Waals surface area (Å²) in [6.45, 7) is 0. The number of fused-ring (bicyclic) bond motifs is 1. The molecule has 0 saturated carbocycles. The Balaban J connectivity index is 2.20. The first-order valence-electron chi connectivity index (χ1n) is 6.10. The van der Waals surface area contributed by atoms with Crippen LogP contribution in [0.2, 0.25) is 0 Å². The normalized spacial score (nSPS) is 10.3. The van der Waals surface area contributed by atoms with E-state index < -0.39 is 11.6 Å². The summed E-state index contributed by atoms with van der Waals surface area (Å²) >= 11 is 0. The minimum Gasteiger partial charge on any atom is -0.452 e. The lowest BCUT2D eigenvalue weighted by Crippen LogP contribution is -1.95. The highest BCUT2D eigenvalue weighted by Crippen LogP contribution is 2.33. The average Bonchev–Trinajstić information content (AvgIpc) is 2.52.